The summed E-state index contributed by atoms with van der Waals surface area (Å²) in [4.78, 5) is 24.3. The van der Waals surface area contributed by atoms with Crippen LogP contribution in [0.1, 0.15) is 45.6 Å². The van der Waals surface area contributed by atoms with E-state index in [1.54, 1.807) is 4.90 Å². The van der Waals surface area contributed by atoms with Crippen molar-refractivity contribution in [3.63, 3.8) is 0 Å². The number of nitrogens with zero attached hydrogens (tertiary/aromatic N) is 6. The second-order valence-electron chi connectivity index (χ2n) is 11.9. The van der Waals surface area contributed by atoms with Crippen LogP contribution in [0.15, 0.2) is 41.7 Å². The van der Waals surface area contributed by atoms with Gasteiger partial charge in [-0.15, -0.1) is 0 Å². The molecule has 2 atom stereocenters. The van der Waals surface area contributed by atoms with Crippen molar-refractivity contribution >= 4 is 23.0 Å². The highest BCUT2D eigenvalue weighted by molar-refractivity contribution is 6.10. The zero-order valence-corrected chi connectivity index (χ0v) is 24.7. The Morgan fingerprint density at radius 1 is 1.17 bits per heavy atom. The Kier molecular flexibility index (Phi) is 8.33. The molecular formula is C31H44N6O4. The van der Waals surface area contributed by atoms with Gasteiger partial charge in [-0.2, -0.15) is 5.10 Å². The van der Waals surface area contributed by atoms with Crippen LogP contribution in [-0.2, 0) is 14.2 Å². The number of dihydropyridines is 1. The number of hydrogen-bond donors (Lipinski definition) is 0. The van der Waals surface area contributed by atoms with E-state index < -0.39 is 0 Å². The lowest BCUT2D eigenvalue weighted by atomic mass is 9.77. The van der Waals surface area contributed by atoms with Crippen LogP contribution in [0, 0.1) is 5.92 Å². The van der Waals surface area contributed by atoms with Gasteiger partial charge in [0.1, 0.15) is 6.10 Å². The SMILES string of the molecule is CCOC1(C2C=CC(c3cc4c(N5CCN(C(=O)O[C@@H]6CCOC6)CC5)ccnn4c3)=NC2)CCN(C(C)C)CC1. The van der Waals surface area contributed by atoms with Gasteiger partial charge < -0.3 is 28.9 Å². The molecule has 10 heteroatoms. The molecule has 41 heavy (non-hydrogen) atoms. The molecular weight excluding hydrogens is 520 g/mol. The van der Waals surface area contributed by atoms with E-state index in [0.717, 1.165) is 81.1 Å². The molecule has 6 heterocycles. The van der Waals surface area contributed by atoms with Gasteiger partial charge in [0.2, 0.25) is 0 Å². The number of ether oxygens (including phenoxy) is 3. The summed E-state index contributed by atoms with van der Waals surface area (Å²) < 4.78 is 19.3. The summed E-state index contributed by atoms with van der Waals surface area (Å²) in [7, 11) is 0. The highest BCUT2D eigenvalue weighted by atomic mass is 16.6. The monoisotopic (exact) mass is 564 g/mol. The van der Waals surface area contributed by atoms with Crippen molar-refractivity contribution in [3.05, 3.63) is 42.2 Å². The number of likely N-dealkylation sites (tertiary alicyclic amines) is 1. The maximum atomic E-state index is 12.6. The number of carbonyl (C=O) groups excluding carboxylic acids is 1. The van der Waals surface area contributed by atoms with Crippen LogP contribution in [0.25, 0.3) is 5.52 Å². The number of piperazine rings is 1. The highest BCUT2D eigenvalue weighted by Crippen LogP contribution is 2.37. The Bertz CT molecular complexity index is 1270. The van der Waals surface area contributed by atoms with E-state index in [1.165, 1.54) is 0 Å². The third-order valence-corrected chi connectivity index (χ3v) is 9.24. The van der Waals surface area contributed by atoms with Crippen molar-refractivity contribution in [2.75, 3.05) is 70.5 Å². The average Bonchev–Trinajstić information content (AvgIpc) is 3.68. The fourth-order valence-corrected chi connectivity index (χ4v) is 6.74. The molecule has 0 aromatic carbocycles. The number of aromatic nitrogens is 2. The Labute approximate surface area is 242 Å². The van der Waals surface area contributed by atoms with Gasteiger partial charge in [-0.3, -0.25) is 4.99 Å². The van der Waals surface area contributed by atoms with Crippen molar-refractivity contribution in [1.29, 1.82) is 0 Å². The maximum Gasteiger partial charge on any atom is 0.410 e. The van der Waals surface area contributed by atoms with Crippen LogP contribution < -0.4 is 4.90 Å². The number of hydrogen-bond acceptors (Lipinski definition) is 8. The number of anilines is 1. The predicted molar refractivity (Wildman–Crippen MR) is 159 cm³/mol. The smallest absolute Gasteiger partial charge is 0.410 e. The van der Waals surface area contributed by atoms with Crippen molar-refractivity contribution in [2.45, 2.75) is 57.8 Å². The molecule has 0 N–H and O–H groups in total. The second kappa shape index (κ2) is 12.1. The van der Waals surface area contributed by atoms with E-state index in [1.807, 2.05) is 10.7 Å². The first-order valence-electron chi connectivity index (χ1n) is 15.3. The van der Waals surface area contributed by atoms with Gasteiger partial charge in [-0.05, 0) is 51.8 Å². The van der Waals surface area contributed by atoms with E-state index >= 15 is 0 Å². The Morgan fingerprint density at radius 3 is 2.63 bits per heavy atom. The van der Waals surface area contributed by atoms with Gasteiger partial charge in [0.25, 0.3) is 0 Å². The van der Waals surface area contributed by atoms with E-state index in [2.05, 4.69) is 66.2 Å². The van der Waals surface area contributed by atoms with Gasteiger partial charge in [-0.25, -0.2) is 9.31 Å². The number of rotatable bonds is 7. The number of fused-ring (bicyclic) bond motifs is 1. The summed E-state index contributed by atoms with van der Waals surface area (Å²) in [5.41, 5.74) is 4.10. The van der Waals surface area contributed by atoms with Crippen molar-refractivity contribution < 1.29 is 19.0 Å². The number of aliphatic imine (C=N–C) groups is 1. The molecule has 1 amide bonds. The molecule has 10 nitrogen and oxygen atoms in total. The minimum atomic E-state index is -0.234. The Hall–Kier alpha value is -2.95. The van der Waals surface area contributed by atoms with Gasteiger partial charge in [0.05, 0.1) is 35.7 Å². The second-order valence-corrected chi connectivity index (χ2v) is 11.9. The Morgan fingerprint density at radius 2 is 1.98 bits per heavy atom. The quantitative estimate of drug-likeness (QED) is 0.508. The Balaban J connectivity index is 1.11. The van der Waals surface area contributed by atoms with E-state index in [9.17, 15) is 4.79 Å². The summed E-state index contributed by atoms with van der Waals surface area (Å²) in [6.45, 7) is 14.2. The molecule has 1 unspecified atom stereocenters. The first-order chi connectivity index (χ1) is 20.0. The van der Waals surface area contributed by atoms with Gasteiger partial charge >= 0.3 is 6.09 Å². The average molecular weight is 565 g/mol. The molecule has 0 spiro atoms. The van der Waals surface area contributed by atoms with E-state index in [0.29, 0.717) is 32.3 Å². The van der Waals surface area contributed by atoms with Crippen molar-refractivity contribution in [2.24, 2.45) is 10.9 Å². The molecule has 3 fully saturated rings. The molecule has 4 aliphatic rings. The lowest BCUT2D eigenvalue weighted by molar-refractivity contribution is -0.107. The molecule has 6 rings (SSSR count). The van der Waals surface area contributed by atoms with Crippen LogP contribution in [-0.4, -0.2) is 115 Å². The summed E-state index contributed by atoms with van der Waals surface area (Å²) in [5, 5.41) is 4.59. The molecule has 0 saturated carbocycles. The third-order valence-electron chi connectivity index (χ3n) is 9.24. The lowest BCUT2D eigenvalue weighted by Crippen LogP contribution is -2.52. The van der Waals surface area contributed by atoms with Gasteiger partial charge in [0, 0.05) is 88.8 Å². The molecule has 0 radical (unpaired) electrons. The number of piperidine rings is 1. The van der Waals surface area contributed by atoms with Crippen LogP contribution >= 0.6 is 0 Å². The zero-order chi connectivity index (χ0) is 28.4. The lowest BCUT2D eigenvalue weighted by Gasteiger charge is -2.46. The first kappa shape index (κ1) is 28.2. The van der Waals surface area contributed by atoms with Crippen LogP contribution in [0.2, 0.25) is 0 Å². The molecule has 2 aromatic heterocycles. The largest absolute Gasteiger partial charge is 0.444 e. The first-order valence-corrected chi connectivity index (χ1v) is 15.3. The maximum absolute atomic E-state index is 12.6. The van der Waals surface area contributed by atoms with Gasteiger partial charge in [-0.1, -0.05) is 6.08 Å². The molecule has 0 bridgehead atoms. The normalized spacial score (nSPS) is 25.2. The molecule has 0 aliphatic carbocycles. The van der Waals surface area contributed by atoms with Crippen molar-refractivity contribution in [3.8, 4) is 0 Å². The highest BCUT2D eigenvalue weighted by Gasteiger charge is 2.42. The minimum Gasteiger partial charge on any atom is -0.444 e. The predicted octanol–water partition coefficient (Wildman–Crippen LogP) is 3.64. The zero-order valence-electron chi connectivity index (χ0n) is 24.7. The van der Waals surface area contributed by atoms with Crippen LogP contribution in [0.4, 0.5) is 10.5 Å². The van der Waals surface area contributed by atoms with Crippen LogP contribution in [0.3, 0.4) is 0 Å². The topological polar surface area (TPSA) is 84.1 Å². The summed E-state index contributed by atoms with van der Waals surface area (Å²) >= 11 is 0. The molecule has 4 aliphatic heterocycles. The number of carbonyl (C=O) groups is 1. The molecule has 222 valence electrons. The van der Waals surface area contributed by atoms with E-state index in [-0.39, 0.29) is 23.7 Å². The molecule has 2 aromatic rings. The number of allylic oxidation sites excluding steroid dienone is 1. The van der Waals surface area contributed by atoms with Gasteiger partial charge in [0.15, 0.2) is 0 Å². The third kappa shape index (κ3) is 5.87. The standard InChI is InChI=1S/C31H44N6O4/c1-4-40-31(9-12-34(13-10-31)23(2)3)25-5-6-27(32-20-25)24-19-29-28(7-11-33-37(29)21-24)35-14-16-36(17-15-35)30(38)41-26-8-18-39-22-26/h5-7,11,19,21,23,25-26H,4,8-10,12-18,20,22H2,1-3H3/t25?,26-/m1/s1. The van der Waals surface area contributed by atoms with Crippen molar-refractivity contribution in [1.82, 2.24) is 19.4 Å². The van der Waals surface area contributed by atoms with E-state index in [4.69, 9.17) is 19.2 Å². The summed E-state index contributed by atoms with van der Waals surface area (Å²) in [6.07, 6.45) is 10.9. The van der Waals surface area contributed by atoms with Crippen LogP contribution in [0.5, 0.6) is 0 Å². The fraction of sp³-hybridized carbons (Fsp3) is 0.645. The minimum absolute atomic E-state index is 0.117. The fourth-order valence-electron chi connectivity index (χ4n) is 6.74. The summed E-state index contributed by atoms with van der Waals surface area (Å²) in [6, 6.07) is 4.82. The molecule has 3 saturated heterocycles. The number of amides is 1. The summed E-state index contributed by atoms with van der Waals surface area (Å²) in [5.74, 6) is 0.287.